The van der Waals surface area contributed by atoms with E-state index in [0.717, 1.165) is 25.2 Å². The van der Waals surface area contributed by atoms with Gasteiger partial charge < -0.3 is 19.9 Å². The number of anilines is 2. The van der Waals surface area contributed by atoms with E-state index in [0.29, 0.717) is 19.7 Å². The number of carbonyl (C=O) groups excluding carboxylic acids is 2. The quantitative estimate of drug-likeness (QED) is 0.766. The standard InChI is InChI=1S/C19H27N3O3/c1-25-12-4-9-20-19(24)15-13-18(23)22(14-15)17-7-5-16(6-8-17)21-10-2-3-11-21/h5-8,15H,2-4,9-14H2,1H3,(H,20,24). The smallest absolute Gasteiger partial charge is 0.227 e. The summed E-state index contributed by atoms with van der Waals surface area (Å²) in [6, 6.07) is 8.13. The van der Waals surface area contributed by atoms with Crippen molar-refractivity contribution in [1.29, 1.82) is 0 Å². The fourth-order valence-electron chi connectivity index (χ4n) is 3.52. The Morgan fingerprint density at radius 3 is 2.56 bits per heavy atom. The topological polar surface area (TPSA) is 61.9 Å². The van der Waals surface area contributed by atoms with Crippen LogP contribution in [0.3, 0.4) is 0 Å². The van der Waals surface area contributed by atoms with Crippen LogP contribution in [0.15, 0.2) is 24.3 Å². The Bertz CT molecular complexity index is 596. The van der Waals surface area contributed by atoms with E-state index < -0.39 is 0 Å². The van der Waals surface area contributed by atoms with Crippen LogP contribution in [-0.4, -0.2) is 51.7 Å². The van der Waals surface area contributed by atoms with E-state index in [-0.39, 0.29) is 24.2 Å². The normalized spacial score (nSPS) is 20.4. The molecule has 2 heterocycles. The van der Waals surface area contributed by atoms with E-state index in [9.17, 15) is 9.59 Å². The molecule has 2 aliphatic heterocycles. The summed E-state index contributed by atoms with van der Waals surface area (Å²) < 4.78 is 4.97. The van der Waals surface area contributed by atoms with Crippen molar-refractivity contribution in [2.75, 3.05) is 49.7 Å². The molecule has 2 aliphatic rings. The van der Waals surface area contributed by atoms with Gasteiger partial charge in [0, 0.05) is 57.7 Å². The molecule has 6 heteroatoms. The second-order valence-corrected chi connectivity index (χ2v) is 6.75. The molecule has 0 aromatic heterocycles. The lowest BCUT2D eigenvalue weighted by Gasteiger charge is -2.20. The Balaban J connectivity index is 1.56. The van der Waals surface area contributed by atoms with Crippen LogP contribution in [0.2, 0.25) is 0 Å². The highest BCUT2D eigenvalue weighted by atomic mass is 16.5. The molecule has 6 nitrogen and oxygen atoms in total. The highest BCUT2D eigenvalue weighted by molar-refractivity contribution is 6.00. The fourth-order valence-corrected chi connectivity index (χ4v) is 3.52. The largest absolute Gasteiger partial charge is 0.385 e. The van der Waals surface area contributed by atoms with Crippen LogP contribution in [0.5, 0.6) is 0 Å². The predicted molar refractivity (Wildman–Crippen MR) is 97.9 cm³/mol. The Labute approximate surface area is 149 Å². The summed E-state index contributed by atoms with van der Waals surface area (Å²) in [5, 5.41) is 2.89. The molecule has 0 saturated carbocycles. The maximum Gasteiger partial charge on any atom is 0.227 e. The lowest BCUT2D eigenvalue weighted by molar-refractivity contribution is -0.126. The Kier molecular flexibility index (Phi) is 5.91. The van der Waals surface area contributed by atoms with Crippen molar-refractivity contribution in [3.63, 3.8) is 0 Å². The van der Waals surface area contributed by atoms with Gasteiger partial charge in [0.15, 0.2) is 0 Å². The van der Waals surface area contributed by atoms with Crippen molar-refractivity contribution in [2.45, 2.75) is 25.7 Å². The third kappa shape index (κ3) is 4.31. The Morgan fingerprint density at radius 1 is 1.20 bits per heavy atom. The highest BCUT2D eigenvalue weighted by Gasteiger charge is 2.34. The maximum atomic E-state index is 12.3. The van der Waals surface area contributed by atoms with Gasteiger partial charge in [0.1, 0.15) is 0 Å². The molecule has 1 aromatic carbocycles. The minimum atomic E-state index is -0.270. The lowest BCUT2D eigenvalue weighted by atomic mass is 10.1. The van der Waals surface area contributed by atoms with Crippen LogP contribution in [0.25, 0.3) is 0 Å². The molecule has 3 rings (SSSR count). The van der Waals surface area contributed by atoms with Gasteiger partial charge in [-0.15, -0.1) is 0 Å². The zero-order valence-electron chi connectivity index (χ0n) is 14.9. The molecule has 0 spiro atoms. The number of hydrogen-bond acceptors (Lipinski definition) is 4. The van der Waals surface area contributed by atoms with Gasteiger partial charge in [-0.1, -0.05) is 0 Å². The molecular formula is C19H27N3O3. The monoisotopic (exact) mass is 345 g/mol. The van der Waals surface area contributed by atoms with Gasteiger partial charge in [0.25, 0.3) is 0 Å². The number of amides is 2. The van der Waals surface area contributed by atoms with Gasteiger partial charge in [0.05, 0.1) is 5.92 Å². The van der Waals surface area contributed by atoms with Crippen LogP contribution in [0, 0.1) is 5.92 Å². The van der Waals surface area contributed by atoms with Crippen molar-refractivity contribution in [3.8, 4) is 0 Å². The number of ether oxygens (including phenoxy) is 1. The van der Waals surface area contributed by atoms with Crippen molar-refractivity contribution in [2.24, 2.45) is 5.92 Å². The summed E-state index contributed by atoms with van der Waals surface area (Å²) >= 11 is 0. The van der Waals surface area contributed by atoms with E-state index in [1.165, 1.54) is 18.5 Å². The molecule has 25 heavy (non-hydrogen) atoms. The second-order valence-electron chi connectivity index (χ2n) is 6.75. The Morgan fingerprint density at radius 2 is 1.88 bits per heavy atom. The van der Waals surface area contributed by atoms with Crippen LogP contribution in [0.4, 0.5) is 11.4 Å². The first-order valence-corrected chi connectivity index (χ1v) is 9.11. The minimum absolute atomic E-state index is 0.0194. The molecule has 2 amide bonds. The predicted octanol–water partition coefficient (Wildman–Crippen LogP) is 1.79. The van der Waals surface area contributed by atoms with Gasteiger partial charge in [-0.25, -0.2) is 0 Å². The summed E-state index contributed by atoms with van der Waals surface area (Å²) in [7, 11) is 1.64. The summed E-state index contributed by atoms with van der Waals surface area (Å²) in [6.45, 7) is 3.87. The van der Waals surface area contributed by atoms with Crippen molar-refractivity contribution < 1.29 is 14.3 Å². The molecule has 0 aliphatic carbocycles. The number of carbonyl (C=O) groups is 2. The molecule has 1 atom stereocenters. The number of hydrogen-bond donors (Lipinski definition) is 1. The highest BCUT2D eigenvalue weighted by Crippen LogP contribution is 2.28. The molecular weight excluding hydrogens is 318 g/mol. The molecule has 2 saturated heterocycles. The van der Waals surface area contributed by atoms with Crippen LogP contribution in [-0.2, 0) is 14.3 Å². The van der Waals surface area contributed by atoms with Crippen LogP contribution < -0.4 is 15.1 Å². The lowest BCUT2D eigenvalue weighted by Crippen LogP contribution is -2.33. The average Bonchev–Trinajstić information content (AvgIpc) is 3.28. The van der Waals surface area contributed by atoms with E-state index in [4.69, 9.17) is 4.74 Å². The maximum absolute atomic E-state index is 12.3. The molecule has 2 fully saturated rings. The SMILES string of the molecule is COCCCNC(=O)C1CC(=O)N(c2ccc(N3CCCC3)cc2)C1. The minimum Gasteiger partial charge on any atom is -0.385 e. The summed E-state index contributed by atoms with van der Waals surface area (Å²) in [6.07, 6.45) is 3.55. The fraction of sp³-hybridized carbons (Fsp3) is 0.579. The van der Waals surface area contributed by atoms with Crippen molar-refractivity contribution >= 4 is 23.2 Å². The summed E-state index contributed by atoms with van der Waals surface area (Å²) in [4.78, 5) is 28.6. The molecule has 136 valence electrons. The van der Waals surface area contributed by atoms with Crippen LogP contribution in [0.1, 0.15) is 25.7 Å². The zero-order chi connectivity index (χ0) is 17.6. The second kappa shape index (κ2) is 8.34. The van der Waals surface area contributed by atoms with E-state index >= 15 is 0 Å². The average molecular weight is 345 g/mol. The van der Waals surface area contributed by atoms with Gasteiger partial charge in [-0.2, -0.15) is 0 Å². The zero-order valence-corrected chi connectivity index (χ0v) is 14.9. The number of benzene rings is 1. The summed E-state index contributed by atoms with van der Waals surface area (Å²) in [5.41, 5.74) is 2.09. The van der Waals surface area contributed by atoms with E-state index in [2.05, 4.69) is 22.3 Å². The third-order valence-electron chi connectivity index (χ3n) is 4.95. The van der Waals surface area contributed by atoms with Gasteiger partial charge in [0.2, 0.25) is 11.8 Å². The van der Waals surface area contributed by atoms with Crippen molar-refractivity contribution in [1.82, 2.24) is 5.32 Å². The number of methoxy groups -OCH3 is 1. The number of rotatable bonds is 7. The van der Waals surface area contributed by atoms with E-state index in [1.54, 1.807) is 12.0 Å². The van der Waals surface area contributed by atoms with Gasteiger partial charge in [-0.05, 0) is 43.5 Å². The first-order chi connectivity index (χ1) is 12.2. The molecule has 0 radical (unpaired) electrons. The van der Waals surface area contributed by atoms with Gasteiger partial charge in [-0.3, -0.25) is 9.59 Å². The molecule has 1 aromatic rings. The molecule has 1 unspecified atom stereocenters. The Hall–Kier alpha value is -2.08. The van der Waals surface area contributed by atoms with Crippen LogP contribution >= 0.6 is 0 Å². The summed E-state index contributed by atoms with van der Waals surface area (Å²) in [5.74, 6) is -0.292. The molecule has 1 N–H and O–H groups in total. The first kappa shape index (κ1) is 17.7. The number of nitrogens with zero attached hydrogens (tertiary/aromatic N) is 2. The first-order valence-electron chi connectivity index (χ1n) is 9.11. The number of nitrogens with one attached hydrogen (secondary N) is 1. The van der Waals surface area contributed by atoms with Crippen molar-refractivity contribution in [3.05, 3.63) is 24.3 Å². The van der Waals surface area contributed by atoms with E-state index in [1.807, 2.05) is 12.1 Å². The molecule has 0 bridgehead atoms. The third-order valence-corrected chi connectivity index (χ3v) is 4.95. The van der Waals surface area contributed by atoms with Gasteiger partial charge >= 0.3 is 0 Å².